The van der Waals surface area contributed by atoms with Gasteiger partial charge in [0, 0.05) is 11.1 Å². The van der Waals surface area contributed by atoms with Crippen molar-refractivity contribution in [3.05, 3.63) is 59.7 Å². The van der Waals surface area contributed by atoms with Gasteiger partial charge in [0.15, 0.2) is 6.17 Å². The van der Waals surface area contributed by atoms with Gasteiger partial charge >= 0.3 is 12.1 Å². The van der Waals surface area contributed by atoms with Gasteiger partial charge in [-0.2, -0.15) is 0 Å². The zero-order valence-corrected chi connectivity index (χ0v) is 12.9. The average molecular weight is 338 g/mol. The molecule has 5 amide bonds. The van der Waals surface area contributed by atoms with Gasteiger partial charge in [0.05, 0.1) is 6.04 Å². The molecule has 0 aromatic heterocycles. The molecule has 126 valence electrons. The number of urea groups is 2. The summed E-state index contributed by atoms with van der Waals surface area (Å²) < 4.78 is 5.86. The van der Waals surface area contributed by atoms with Gasteiger partial charge in [0.2, 0.25) is 0 Å². The Morgan fingerprint density at radius 2 is 1.52 bits per heavy atom. The van der Waals surface area contributed by atoms with E-state index in [4.69, 9.17) is 4.74 Å². The normalized spacial score (nSPS) is 18.3. The van der Waals surface area contributed by atoms with Crippen LogP contribution in [0.1, 0.15) is 17.2 Å². The standard InChI is InChI=1S/C17H14N4O4/c22-15-14(20-17(24)21-15)19-16(23)18-13-9-5-1-3-7-11(9)25-12-8-4-2-6-10(12)13/h1-8,13-14H,(H2,18,19,23)(H2,20,21,22,24). The third kappa shape index (κ3) is 2.74. The highest BCUT2D eigenvalue weighted by Crippen LogP contribution is 2.42. The molecule has 0 radical (unpaired) electrons. The van der Waals surface area contributed by atoms with Crippen molar-refractivity contribution in [1.82, 2.24) is 21.3 Å². The maximum absolute atomic E-state index is 12.3. The minimum atomic E-state index is -1.10. The number of nitrogens with one attached hydrogen (secondary N) is 4. The summed E-state index contributed by atoms with van der Waals surface area (Å²) in [5, 5.41) is 9.63. The van der Waals surface area contributed by atoms with Crippen LogP contribution in [0.4, 0.5) is 9.59 Å². The molecular weight excluding hydrogens is 324 g/mol. The van der Waals surface area contributed by atoms with Gasteiger partial charge in [0.25, 0.3) is 5.91 Å². The molecule has 8 heteroatoms. The monoisotopic (exact) mass is 338 g/mol. The van der Waals surface area contributed by atoms with E-state index in [1.165, 1.54) is 0 Å². The number of fused-ring (bicyclic) bond motifs is 2. The molecule has 8 nitrogen and oxygen atoms in total. The van der Waals surface area contributed by atoms with E-state index in [9.17, 15) is 14.4 Å². The van der Waals surface area contributed by atoms with Crippen LogP contribution in [0.2, 0.25) is 0 Å². The number of hydrogen-bond acceptors (Lipinski definition) is 4. The fourth-order valence-corrected chi connectivity index (χ4v) is 2.89. The quantitative estimate of drug-likeness (QED) is 0.620. The first kappa shape index (κ1) is 15.0. The zero-order valence-electron chi connectivity index (χ0n) is 12.9. The van der Waals surface area contributed by atoms with E-state index < -0.39 is 30.2 Å². The summed E-state index contributed by atoms with van der Waals surface area (Å²) in [4.78, 5) is 35.0. The fraction of sp³-hybridized carbons (Fsp3) is 0.118. The summed E-state index contributed by atoms with van der Waals surface area (Å²) in [6.45, 7) is 0. The number of carbonyl (C=O) groups is 3. The number of rotatable bonds is 2. The molecule has 2 aliphatic rings. The van der Waals surface area contributed by atoms with Gasteiger partial charge in [-0.25, -0.2) is 9.59 Å². The highest BCUT2D eigenvalue weighted by atomic mass is 16.5. The maximum atomic E-state index is 12.3. The van der Waals surface area contributed by atoms with Gasteiger partial charge in [-0.3, -0.25) is 10.1 Å². The Morgan fingerprint density at radius 1 is 0.920 bits per heavy atom. The maximum Gasteiger partial charge on any atom is 0.323 e. The van der Waals surface area contributed by atoms with Crippen LogP contribution in [-0.2, 0) is 4.79 Å². The number of amides is 5. The van der Waals surface area contributed by atoms with Crippen molar-refractivity contribution in [2.24, 2.45) is 0 Å². The minimum Gasteiger partial charge on any atom is -0.457 e. The van der Waals surface area contributed by atoms with Crippen molar-refractivity contribution in [3.63, 3.8) is 0 Å². The summed E-state index contributed by atoms with van der Waals surface area (Å²) in [6.07, 6.45) is -1.10. The number of carbonyl (C=O) groups excluding carboxylic acids is 3. The van der Waals surface area contributed by atoms with E-state index in [1.54, 1.807) is 0 Å². The van der Waals surface area contributed by atoms with E-state index in [2.05, 4.69) is 21.3 Å². The lowest BCUT2D eigenvalue weighted by Gasteiger charge is -2.29. The van der Waals surface area contributed by atoms with Crippen LogP contribution in [0, 0.1) is 0 Å². The summed E-state index contributed by atoms with van der Waals surface area (Å²) in [7, 11) is 0. The molecule has 0 saturated carbocycles. The van der Waals surface area contributed by atoms with Crippen LogP contribution >= 0.6 is 0 Å². The Balaban J connectivity index is 1.59. The number of benzene rings is 2. The third-order valence-corrected chi connectivity index (χ3v) is 4.01. The molecule has 4 rings (SSSR count). The summed E-state index contributed by atoms with van der Waals surface area (Å²) >= 11 is 0. The lowest BCUT2D eigenvalue weighted by Crippen LogP contribution is -2.51. The molecule has 1 atom stereocenters. The smallest absolute Gasteiger partial charge is 0.323 e. The molecule has 2 heterocycles. The van der Waals surface area contributed by atoms with Crippen LogP contribution in [0.5, 0.6) is 11.5 Å². The largest absolute Gasteiger partial charge is 0.457 e. The Bertz CT molecular complexity index is 837. The molecule has 1 saturated heterocycles. The van der Waals surface area contributed by atoms with Crippen molar-refractivity contribution < 1.29 is 19.1 Å². The molecular formula is C17H14N4O4. The second-order valence-corrected chi connectivity index (χ2v) is 5.62. The Hall–Kier alpha value is -3.55. The first-order valence-electron chi connectivity index (χ1n) is 7.66. The van der Waals surface area contributed by atoms with Crippen LogP contribution in [0.25, 0.3) is 0 Å². The predicted molar refractivity (Wildman–Crippen MR) is 86.9 cm³/mol. The van der Waals surface area contributed by atoms with Crippen molar-refractivity contribution in [1.29, 1.82) is 0 Å². The first-order chi connectivity index (χ1) is 12.1. The van der Waals surface area contributed by atoms with Crippen LogP contribution < -0.4 is 26.0 Å². The van der Waals surface area contributed by atoms with Gasteiger partial charge in [-0.1, -0.05) is 36.4 Å². The lowest BCUT2D eigenvalue weighted by molar-refractivity contribution is -0.120. The van der Waals surface area contributed by atoms with Crippen molar-refractivity contribution in [2.45, 2.75) is 12.2 Å². The molecule has 25 heavy (non-hydrogen) atoms. The molecule has 0 aliphatic carbocycles. The van der Waals surface area contributed by atoms with Crippen LogP contribution in [0.15, 0.2) is 48.5 Å². The van der Waals surface area contributed by atoms with E-state index in [-0.39, 0.29) is 0 Å². The highest BCUT2D eigenvalue weighted by molar-refractivity contribution is 6.05. The Morgan fingerprint density at radius 3 is 2.08 bits per heavy atom. The second kappa shape index (κ2) is 5.82. The van der Waals surface area contributed by atoms with E-state index in [0.29, 0.717) is 11.5 Å². The van der Waals surface area contributed by atoms with Crippen molar-refractivity contribution in [2.75, 3.05) is 0 Å². The molecule has 4 N–H and O–H groups in total. The number of ether oxygens (including phenoxy) is 1. The van der Waals surface area contributed by atoms with Gasteiger partial charge in [-0.15, -0.1) is 0 Å². The highest BCUT2D eigenvalue weighted by Gasteiger charge is 2.33. The Labute approximate surface area is 142 Å². The fourth-order valence-electron chi connectivity index (χ4n) is 2.89. The second-order valence-electron chi connectivity index (χ2n) is 5.62. The Kier molecular flexibility index (Phi) is 3.50. The average Bonchev–Trinajstić information content (AvgIpc) is 2.91. The van der Waals surface area contributed by atoms with Crippen molar-refractivity contribution in [3.8, 4) is 11.5 Å². The van der Waals surface area contributed by atoms with Gasteiger partial charge in [-0.05, 0) is 12.1 Å². The van der Waals surface area contributed by atoms with Gasteiger partial charge < -0.3 is 20.7 Å². The van der Waals surface area contributed by atoms with Crippen LogP contribution in [-0.4, -0.2) is 24.1 Å². The van der Waals surface area contributed by atoms with Crippen molar-refractivity contribution >= 4 is 18.0 Å². The molecule has 1 unspecified atom stereocenters. The molecule has 2 aromatic carbocycles. The summed E-state index contributed by atoms with van der Waals surface area (Å²) in [6, 6.07) is 13.1. The lowest BCUT2D eigenvalue weighted by atomic mass is 9.95. The predicted octanol–water partition coefficient (Wildman–Crippen LogP) is 1.35. The zero-order chi connectivity index (χ0) is 17.4. The van der Waals surface area contributed by atoms with Gasteiger partial charge in [0.1, 0.15) is 11.5 Å². The minimum absolute atomic E-state index is 0.443. The summed E-state index contributed by atoms with van der Waals surface area (Å²) in [5.74, 6) is 0.699. The molecule has 0 bridgehead atoms. The molecule has 2 aromatic rings. The molecule has 2 aliphatic heterocycles. The number of imide groups is 1. The SMILES string of the molecule is O=C1NC(=O)C(NC(=O)NC2c3ccccc3Oc3ccccc32)N1. The summed E-state index contributed by atoms with van der Waals surface area (Å²) in [5.41, 5.74) is 1.60. The topological polar surface area (TPSA) is 109 Å². The first-order valence-corrected chi connectivity index (χ1v) is 7.66. The van der Waals surface area contributed by atoms with Crippen LogP contribution in [0.3, 0.4) is 0 Å². The molecule has 0 spiro atoms. The molecule has 1 fully saturated rings. The van der Waals surface area contributed by atoms with E-state index in [0.717, 1.165) is 11.1 Å². The third-order valence-electron chi connectivity index (χ3n) is 4.01. The van der Waals surface area contributed by atoms with E-state index in [1.807, 2.05) is 48.5 Å². The number of para-hydroxylation sites is 2. The number of hydrogen-bond donors (Lipinski definition) is 4. The van der Waals surface area contributed by atoms with E-state index >= 15 is 0 Å².